The van der Waals surface area contributed by atoms with E-state index in [0.717, 1.165) is 4.47 Å². The summed E-state index contributed by atoms with van der Waals surface area (Å²) >= 11 is 3.36. The van der Waals surface area contributed by atoms with Gasteiger partial charge in [-0.1, -0.05) is 18.2 Å². The summed E-state index contributed by atoms with van der Waals surface area (Å²) in [6, 6.07) is 13.0. The molecule has 0 aliphatic rings. The quantitative estimate of drug-likeness (QED) is 0.584. The van der Waals surface area contributed by atoms with Crippen molar-refractivity contribution in [2.75, 3.05) is 12.4 Å². The van der Waals surface area contributed by atoms with Crippen LogP contribution in [-0.4, -0.2) is 41.5 Å². The smallest absolute Gasteiger partial charge is 0.255 e. The van der Waals surface area contributed by atoms with Crippen LogP contribution in [0, 0.1) is 0 Å². The Morgan fingerprint density at radius 1 is 1.17 bits per heavy atom. The third-order valence-corrected chi connectivity index (χ3v) is 6.89. The molecule has 0 unspecified atom stereocenters. The van der Waals surface area contributed by atoms with Crippen molar-refractivity contribution in [3.8, 4) is 5.69 Å². The summed E-state index contributed by atoms with van der Waals surface area (Å²) in [5.41, 5.74) is 1.50. The van der Waals surface area contributed by atoms with Gasteiger partial charge in [-0.2, -0.15) is 9.40 Å². The van der Waals surface area contributed by atoms with Gasteiger partial charge in [-0.25, -0.2) is 13.1 Å². The highest BCUT2D eigenvalue weighted by Crippen LogP contribution is 2.23. The molecule has 0 saturated carbocycles. The average molecular weight is 477 g/mol. The number of amides is 1. The number of hydrogen-bond donors (Lipinski definition) is 1. The molecule has 3 aromatic rings. The van der Waals surface area contributed by atoms with Crippen LogP contribution in [0.5, 0.6) is 0 Å². The van der Waals surface area contributed by atoms with Crippen molar-refractivity contribution >= 4 is 37.5 Å². The predicted octanol–water partition coefficient (Wildman–Crippen LogP) is 3.92. The van der Waals surface area contributed by atoms with Crippen molar-refractivity contribution in [1.82, 2.24) is 14.1 Å². The molecule has 0 radical (unpaired) electrons. The van der Waals surface area contributed by atoms with Crippen LogP contribution >= 0.6 is 15.9 Å². The lowest BCUT2D eigenvalue weighted by Gasteiger charge is -2.21. The maximum atomic E-state index is 12.8. The highest BCUT2D eigenvalue weighted by Gasteiger charge is 2.24. The van der Waals surface area contributed by atoms with E-state index < -0.39 is 15.9 Å². The SMILES string of the molecule is CC(C)N(C)S(=O)(=O)c1cccc(C(=O)Nc2ccccc2-n2cc(Br)cn2)c1. The van der Waals surface area contributed by atoms with Gasteiger partial charge in [0.2, 0.25) is 10.0 Å². The normalized spacial score (nSPS) is 11.8. The largest absolute Gasteiger partial charge is 0.320 e. The number of anilines is 1. The molecule has 2 aromatic carbocycles. The Kier molecular flexibility index (Phi) is 6.21. The van der Waals surface area contributed by atoms with Crippen molar-refractivity contribution in [2.24, 2.45) is 0 Å². The third kappa shape index (κ3) is 4.58. The first-order valence-corrected chi connectivity index (χ1v) is 11.1. The highest BCUT2D eigenvalue weighted by molar-refractivity contribution is 9.10. The number of benzene rings is 2. The molecule has 1 amide bonds. The van der Waals surface area contributed by atoms with E-state index in [0.29, 0.717) is 11.4 Å². The minimum atomic E-state index is -3.68. The summed E-state index contributed by atoms with van der Waals surface area (Å²) in [7, 11) is -2.16. The van der Waals surface area contributed by atoms with E-state index in [-0.39, 0.29) is 16.5 Å². The maximum absolute atomic E-state index is 12.8. The topological polar surface area (TPSA) is 84.3 Å². The van der Waals surface area contributed by atoms with Gasteiger partial charge in [0.25, 0.3) is 5.91 Å². The fourth-order valence-corrected chi connectivity index (χ4v) is 4.35. The fourth-order valence-electron chi connectivity index (χ4n) is 2.65. The minimum absolute atomic E-state index is 0.0747. The molecule has 29 heavy (non-hydrogen) atoms. The van der Waals surface area contributed by atoms with Crippen molar-refractivity contribution in [1.29, 1.82) is 0 Å². The van der Waals surface area contributed by atoms with Crippen molar-refractivity contribution < 1.29 is 13.2 Å². The summed E-state index contributed by atoms with van der Waals surface area (Å²) in [5.74, 6) is -0.409. The first-order chi connectivity index (χ1) is 13.7. The Morgan fingerprint density at radius 3 is 2.55 bits per heavy atom. The Labute approximate surface area is 178 Å². The van der Waals surface area contributed by atoms with E-state index in [1.54, 1.807) is 55.2 Å². The van der Waals surface area contributed by atoms with E-state index >= 15 is 0 Å². The van der Waals surface area contributed by atoms with E-state index in [2.05, 4.69) is 26.3 Å². The Bertz CT molecular complexity index is 1140. The monoisotopic (exact) mass is 476 g/mol. The number of rotatable bonds is 6. The molecule has 0 spiro atoms. The molecule has 1 aromatic heterocycles. The van der Waals surface area contributed by atoms with Gasteiger partial charge < -0.3 is 5.32 Å². The van der Waals surface area contributed by atoms with Gasteiger partial charge in [-0.05, 0) is 60.1 Å². The number of nitrogens with zero attached hydrogens (tertiary/aromatic N) is 3. The van der Waals surface area contributed by atoms with E-state index in [4.69, 9.17) is 0 Å². The first-order valence-electron chi connectivity index (χ1n) is 8.89. The first kappa shape index (κ1) is 21.2. The van der Waals surface area contributed by atoms with Crippen LogP contribution in [-0.2, 0) is 10.0 Å². The van der Waals surface area contributed by atoms with Gasteiger partial charge in [-0.3, -0.25) is 4.79 Å². The molecule has 1 heterocycles. The number of para-hydroxylation sites is 2. The van der Waals surface area contributed by atoms with Gasteiger partial charge in [0.15, 0.2) is 0 Å². The highest BCUT2D eigenvalue weighted by atomic mass is 79.9. The van der Waals surface area contributed by atoms with E-state index in [1.807, 2.05) is 12.1 Å². The van der Waals surface area contributed by atoms with Gasteiger partial charge in [-0.15, -0.1) is 0 Å². The second-order valence-corrected chi connectivity index (χ2v) is 9.63. The fraction of sp³-hybridized carbons (Fsp3) is 0.200. The van der Waals surface area contributed by atoms with Gasteiger partial charge >= 0.3 is 0 Å². The van der Waals surface area contributed by atoms with Crippen molar-refractivity contribution in [3.05, 3.63) is 71.0 Å². The molecule has 0 aliphatic carbocycles. The summed E-state index contributed by atoms with van der Waals surface area (Å²) in [5, 5.41) is 7.08. The van der Waals surface area contributed by atoms with Crippen LogP contribution in [0.25, 0.3) is 5.69 Å². The molecule has 0 fully saturated rings. The lowest BCUT2D eigenvalue weighted by Crippen LogP contribution is -2.33. The van der Waals surface area contributed by atoms with Crippen molar-refractivity contribution in [2.45, 2.75) is 24.8 Å². The number of hydrogen-bond acceptors (Lipinski definition) is 4. The molecule has 0 atom stereocenters. The Balaban J connectivity index is 1.90. The lowest BCUT2D eigenvalue weighted by molar-refractivity contribution is 0.102. The molecular formula is C20H21BrN4O3S. The van der Waals surface area contributed by atoms with Gasteiger partial charge in [0, 0.05) is 24.8 Å². The third-order valence-electron chi connectivity index (χ3n) is 4.45. The van der Waals surface area contributed by atoms with E-state index in [9.17, 15) is 13.2 Å². The van der Waals surface area contributed by atoms with Crippen LogP contribution in [0.1, 0.15) is 24.2 Å². The summed E-state index contributed by atoms with van der Waals surface area (Å²) in [6.07, 6.45) is 3.43. The molecule has 152 valence electrons. The summed E-state index contributed by atoms with van der Waals surface area (Å²) < 4.78 is 29.2. The second-order valence-electron chi connectivity index (χ2n) is 6.72. The van der Waals surface area contributed by atoms with Crippen LogP contribution < -0.4 is 5.32 Å². The zero-order valence-electron chi connectivity index (χ0n) is 16.2. The molecule has 0 saturated heterocycles. The molecular weight excluding hydrogens is 456 g/mol. The Morgan fingerprint density at radius 2 is 1.90 bits per heavy atom. The number of halogens is 1. The molecule has 1 N–H and O–H groups in total. The number of nitrogens with one attached hydrogen (secondary N) is 1. The summed E-state index contributed by atoms with van der Waals surface area (Å²) in [4.78, 5) is 12.9. The lowest BCUT2D eigenvalue weighted by atomic mass is 10.2. The van der Waals surface area contributed by atoms with Crippen LogP contribution in [0.3, 0.4) is 0 Å². The standard InChI is InChI=1S/C20H21BrN4O3S/c1-14(2)24(3)29(27,28)17-8-6-7-15(11-17)20(26)23-18-9-4-5-10-19(18)25-13-16(21)12-22-25/h4-14H,1-3H3,(H,23,26). The molecule has 0 bridgehead atoms. The number of sulfonamides is 1. The zero-order chi connectivity index (χ0) is 21.2. The molecule has 3 rings (SSSR count). The van der Waals surface area contributed by atoms with Gasteiger partial charge in [0.05, 0.1) is 26.9 Å². The molecule has 9 heteroatoms. The average Bonchev–Trinajstić information content (AvgIpc) is 3.13. The number of carbonyl (C=O) groups is 1. The van der Waals surface area contributed by atoms with Crippen molar-refractivity contribution in [3.63, 3.8) is 0 Å². The van der Waals surface area contributed by atoms with Gasteiger partial charge in [0.1, 0.15) is 0 Å². The van der Waals surface area contributed by atoms with Crippen LogP contribution in [0.2, 0.25) is 0 Å². The Hall–Kier alpha value is -2.49. The number of carbonyl (C=O) groups excluding carboxylic acids is 1. The van der Waals surface area contributed by atoms with Crippen LogP contribution in [0.15, 0.2) is 70.3 Å². The van der Waals surface area contributed by atoms with Crippen LogP contribution in [0.4, 0.5) is 5.69 Å². The maximum Gasteiger partial charge on any atom is 0.255 e. The minimum Gasteiger partial charge on any atom is -0.320 e. The predicted molar refractivity (Wildman–Crippen MR) is 116 cm³/mol. The summed E-state index contributed by atoms with van der Waals surface area (Å²) in [6.45, 7) is 3.58. The second kappa shape index (κ2) is 8.48. The molecule has 7 nitrogen and oxygen atoms in total. The van der Waals surface area contributed by atoms with E-state index in [1.165, 1.54) is 23.5 Å². The molecule has 0 aliphatic heterocycles. The number of aromatic nitrogens is 2. The zero-order valence-corrected chi connectivity index (χ0v) is 18.6.